The summed E-state index contributed by atoms with van der Waals surface area (Å²) >= 11 is 0. The second-order valence-electron chi connectivity index (χ2n) is 6.20. The zero-order chi connectivity index (χ0) is 16.4. The summed E-state index contributed by atoms with van der Waals surface area (Å²) in [5.41, 5.74) is 0. The van der Waals surface area contributed by atoms with E-state index in [0.29, 0.717) is 26.2 Å². The number of hydrogen-bond donors (Lipinski definition) is 2. The summed E-state index contributed by atoms with van der Waals surface area (Å²) in [6.45, 7) is 2.18. The number of ether oxygens (including phenoxy) is 2. The Hall–Kier alpha value is -1.51. The van der Waals surface area contributed by atoms with E-state index < -0.39 is 0 Å². The number of nitrogens with one attached hydrogen (secondary N) is 2. The van der Waals surface area contributed by atoms with Crippen molar-refractivity contribution in [3.8, 4) is 0 Å². The van der Waals surface area contributed by atoms with Crippen molar-refractivity contribution in [1.29, 1.82) is 0 Å². The van der Waals surface area contributed by atoms with Crippen molar-refractivity contribution in [1.82, 2.24) is 15.5 Å². The SMILES string of the molecule is COCCNCCNC(=O)CN1C(=O)C2C3CCC(O3)C2C1=O. The minimum atomic E-state index is -0.371. The van der Waals surface area contributed by atoms with Gasteiger partial charge in [0.25, 0.3) is 0 Å². The van der Waals surface area contributed by atoms with Crippen molar-refractivity contribution < 1.29 is 23.9 Å². The van der Waals surface area contributed by atoms with Gasteiger partial charge in [-0.15, -0.1) is 0 Å². The van der Waals surface area contributed by atoms with E-state index in [4.69, 9.17) is 9.47 Å². The molecule has 4 unspecified atom stereocenters. The van der Waals surface area contributed by atoms with Crippen LogP contribution in [0, 0.1) is 11.8 Å². The van der Waals surface area contributed by atoms with E-state index in [0.717, 1.165) is 17.7 Å². The Morgan fingerprint density at radius 2 is 1.83 bits per heavy atom. The molecule has 0 saturated carbocycles. The van der Waals surface area contributed by atoms with Crippen LogP contribution in [0.3, 0.4) is 0 Å². The van der Waals surface area contributed by atoms with Gasteiger partial charge in [0.1, 0.15) is 6.54 Å². The predicted octanol–water partition coefficient (Wildman–Crippen LogP) is -1.50. The van der Waals surface area contributed by atoms with Gasteiger partial charge in [-0.25, -0.2) is 0 Å². The Labute approximate surface area is 134 Å². The Morgan fingerprint density at radius 3 is 2.43 bits per heavy atom. The number of fused-ring (bicyclic) bond motifs is 5. The third-order valence-electron chi connectivity index (χ3n) is 4.78. The highest BCUT2D eigenvalue weighted by molar-refractivity contribution is 6.08. The van der Waals surface area contributed by atoms with Crippen LogP contribution in [-0.4, -0.2) is 74.7 Å². The van der Waals surface area contributed by atoms with Gasteiger partial charge in [0.15, 0.2) is 0 Å². The summed E-state index contributed by atoms with van der Waals surface area (Å²) in [6.07, 6.45) is 1.38. The van der Waals surface area contributed by atoms with Crippen LogP contribution in [0.1, 0.15) is 12.8 Å². The van der Waals surface area contributed by atoms with Crippen molar-refractivity contribution in [2.75, 3.05) is 39.9 Å². The standard InChI is InChI=1S/C15H23N3O5/c1-22-7-6-16-4-5-17-11(19)8-18-14(20)12-9-2-3-10(23-9)13(12)15(18)21/h9-10,12-13,16H,2-8H2,1H3,(H,17,19). The molecule has 4 atom stereocenters. The van der Waals surface area contributed by atoms with Gasteiger partial charge in [-0.1, -0.05) is 0 Å². The van der Waals surface area contributed by atoms with E-state index in [9.17, 15) is 14.4 Å². The number of likely N-dealkylation sites (tertiary alicyclic amines) is 1. The molecule has 3 aliphatic rings. The van der Waals surface area contributed by atoms with Crippen molar-refractivity contribution in [3.05, 3.63) is 0 Å². The molecule has 3 rings (SSSR count). The molecule has 3 saturated heterocycles. The van der Waals surface area contributed by atoms with Gasteiger partial charge in [-0.2, -0.15) is 0 Å². The first-order valence-electron chi connectivity index (χ1n) is 8.10. The van der Waals surface area contributed by atoms with E-state index in [-0.39, 0.29) is 48.3 Å². The highest BCUT2D eigenvalue weighted by Crippen LogP contribution is 2.48. The Bertz CT molecular complexity index is 470. The molecule has 0 spiro atoms. The maximum atomic E-state index is 12.4. The Morgan fingerprint density at radius 1 is 1.17 bits per heavy atom. The van der Waals surface area contributed by atoms with E-state index in [1.807, 2.05) is 0 Å². The minimum Gasteiger partial charge on any atom is -0.383 e. The molecule has 8 nitrogen and oxygen atoms in total. The first-order chi connectivity index (χ1) is 11.1. The van der Waals surface area contributed by atoms with Gasteiger partial charge in [0.2, 0.25) is 17.7 Å². The van der Waals surface area contributed by atoms with Crippen LogP contribution < -0.4 is 10.6 Å². The molecule has 2 bridgehead atoms. The van der Waals surface area contributed by atoms with Gasteiger partial charge < -0.3 is 20.1 Å². The summed E-state index contributed by atoms with van der Waals surface area (Å²) < 4.78 is 10.6. The molecule has 3 fully saturated rings. The molecule has 0 radical (unpaired) electrons. The lowest BCUT2D eigenvalue weighted by atomic mass is 9.81. The third kappa shape index (κ3) is 3.11. The van der Waals surface area contributed by atoms with Crippen molar-refractivity contribution >= 4 is 17.7 Å². The Kier molecular flexibility index (Phi) is 4.93. The molecule has 23 heavy (non-hydrogen) atoms. The van der Waals surface area contributed by atoms with Crippen molar-refractivity contribution in [2.24, 2.45) is 11.8 Å². The van der Waals surface area contributed by atoms with Crippen molar-refractivity contribution in [3.63, 3.8) is 0 Å². The quantitative estimate of drug-likeness (QED) is 0.416. The first kappa shape index (κ1) is 16.4. The summed E-state index contributed by atoms with van der Waals surface area (Å²) in [4.78, 5) is 37.8. The van der Waals surface area contributed by atoms with Crippen LogP contribution in [0.4, 0.5) is 0 Å². The largest absolute Gasteiger partial charge is 0.383 e. The first-order valence-corrected chi connectivity index (χ1v) is 8.10. The van der Waals surface area contributed by atoms with Crippen molar-refractivity contribution in [2.45, 2.75) is 25.0 Å². The summed E-state index contributed by atoms with van der Waals surface area (Å²) in [5.74, 6) is -1.55. The van der Waals surface area contributed by atoms with Gasteiger partial charge in [0.05, 0.1) is 30.7 Å². The number of imide groups is 1. The maximum Gasteiger partial charge on any atom is 0.240 e. The zero-order valence-corrected chi connectivity index (χ0v) is 13.2. The normalized spacial score (nSPS) is 31.8. The number of carbonyl (C=O) groups is 3. The second kappa shape index (κ2) is 6.94. The fourth-order valence-corrected chi connectivity index (χ4v) is 3.72. The lowest BCUT2D eigenvalue weighted by Gasteiger charge is -2.17. The van der Waals surface area contributed by atoms with E-state index in [2.05, 4.69) is 10.6 Å². The second-order valence-corrected chi connectivity index (χ2v) is 6.20. The molecular weight excluding hydrogens is 302 g/mol. The van der Waals surface area contributed by atoms with Gasteiger partial charge in [-0.3, -0.25) is 19.3 Å². The molecule has 3 heterocycles. The van der Waals surface area contributed by atoms with Gasteiger partial charge >= 0.3 is 0 Å². The molecule has 3 aliphatic heterocycles. The summed E-state index contributed by atoms with van der Waals surface area (Å²) in [5, 5.41) is 5.81. The molecular formula is C15H23N3O5. The topological polar surface area (TPSA) is 97.0 Å². The predicted molar refractivity (Wildman–Crippen MR) is 79.4 cm³/mol. The zero-order valence-electron chi connectivity index (χ0n) is 13.2. The van der Waals surface area contributed by atoms with Crippen LogP contribution in [0.2, 0.25) is 0 Å². The van der Waals surface area contributed by atoms with Crippen LogP contribution in [0.25, 0.3) is 0 Å². The number of hydrogen-bond acceptors (Lipinski definition) is 6. The summed E-state index contributed by atoms with van der Waals surface area (Å²) in [6, 6.07) is 0. The Balaban J connectivity index is 1.44. The molecule has 128 valence electrons. The molecule has 0 aliphatic carbocycles. The molecule has 0 aromatic rings. The third-order valence-corrected chi connectivity index (χ3v) is 4.78. The molecule has 8 heteroatoms. The number of amides is 3. The average Bonchev–Trinajstić information content (AvgIpc) is 3.20. The van der Waals surface area contributed by atoms with E-state index in [1.54, 1.807) is 7.11 Å². The highest BCUT2D eigenvalue weighted by atomic mass is 16.5. The lowest BCUT2D eigenvalue weighted by Crippen LogP contribution is -2.43. The maximum absolute atomic E-state index is 12.4. The van der Waals surface area contributed by atoms with Gasteiger partial charge in [-0.05, 0) is 12.8 Å². The minimum absolute atomic E-state index is 0.139. The van der Waals surface area contributed by atoms with Gasteiger partial charge in [0, 0.05) is 26.7 Å². The molecule has 3 amide bonds. The molecule has 0 aromatic carbocycles. The molecule has 2 N–H and O–H groups in total. The number of rotatable bonds is 8. The lowest BCUT2D eigenvalue weighted by molar-refractivity contribution is -0.145. The smallest absolute Gasteiger partial charge is 0.240 e. The van der Waals surface area contributed by atoms with Crippen LogP contribution in [0.5, 0.6) is 0 Å². The average molecular weight is 325 g/mol. The number of carbonyl (C=O) groups excluding carboxylic acids is 3. The van der Waals surface area contributed by atoms with E-state index >= 15 is 0 Å². The van der Waals surface area contributed by atoms with Crippen LogP contribution in [-0.2, 0) is 23.9 Å². The summed E-state index contributed by atoms with van der Waals surface area (Å²) in [7, 11) is 1.63. The monoisotopic (exact) mass is 325 g/mol. The fourth-order valence-electron chi connectivity index (χ4n) is 3.72. The number of methoxy groups -OCH3 is 1. The highest BCUT2D eigenvalue weighted by Gasteiger charge is 2.62. The fraction of sp³-hybridized carbons (Fsp3) is 0.800. The van der Waals surface area contributed by atoms with E-state index in [1.165, 1.54) is 0 Å². The number of nitrogens with zero attached hydrogens (tertiary/aromatic N) is 1. The van der Waals surface area contributed by atoms with Crippen LogP contribution in [0.15, 0.2) is 0 Å². The molecule has 0 aromatic heterocycles. The van der Waals surface area contributed by atoms with Crippen LogP contribution >= 0.6 is 0 Å².